The zero-order chi connectivity index (χ0) is 11.1. The van der Waals surface area contributed by atoms with Crippen molar-refractivity contribution in [3.05, 3.63) is 35.8 Å². The van der Waals surface area contributed by atoms with Gasteiger partial charge >= 0.3 is 0 Å². The van der Waals surface area contributed by atoms with Crippen molar-refractivity contribution in [2.24, 2.45) is 0 Å². The molecule has 0 spiro atoms. The predicted molar refractivity (Wildman–Crippen MR) is 63.1 cm³/mol. The minimum atomic E-state index is -0.176. The van der Waals surface area contributed by atoms with Crippen molar-refractivity contribution in [2.75, 3.05) is 20.1 Å². The van der Waals surface area contributed by atoms with Crippen molar-refractivity contribution < 1.29 is 4.39 Å². The van der Waals surface area contributed by atoms with E-state index in [1.165, 1.54) is 17.4 Å². The van der Waals surface area contributed by atoms with Gasteiger partial charge in [-0.1, -0.05) is 0 Å². The van der Waals surface area contributed by atoms with Gasteiger partial charge in [-0.15, -0.1) is 0 Å². The summed E-state index contributed by atoms with van der Waals surface area (Å²) >= 11 is 0. The van der Waals surface area contributed by atoms with Crippen LogP contribution in [-0.4, -0.2) is 30.0 Å². The Morgan fingerprint density at radius 1 is 1.44 bits per heavy atom. The number of hydrogen-bond donors (Lipinski definition) is 1. The molecule has 16 heavy (non-hydrogen) atoms. The molecule has 1 unspecified atom stereocenters. The van der Waals surface area contributed by atoms with Crippen molar-refractivity contribution in [2.45, 2.75) is 12.3 Å². The van der Waals surface area contributed by atoms with Crippen LogP contribution in [0.4, 0.5) is 4.39 Å². The van der Waals surface area contributed by atoms with Crippen LogP contribution in [0, 0.1) is 5.82 Å². The van der Waals surface area contributed by atoms with Crippen LogP contribution in [0.5, 0.6) is 0 Å². The fourth-order valence-electron chi connectivity index (χ4n) is 2.65. The van der Waals surface area contributed by atoms with Crippen LogP contribution in [-0.2, 0) is 0 Å². The zero-order valence-electron chi connectivity index (χ0n) is 9.33. The van der Waals surface area contributed by atoms with Gasteiger partial charge in [0.05, 0.1) is 0 Å². The first kappa shape index (κ1) is 9.85. The highest BCUT2D eigenvalue weighted by Gasteiger charge is 2.23. The van der Waals surface area contributed by atoms with Crippen molar-refractivity contribution in [3.63, 3.8) is 0 Å². The Hall–Kier alpha value is -1.35. The molecule has 0 saturated carbocycles. The van der Waals surface area contributed by atoms with Crippen LogP contribution >= 0.6 is 0 Å². The lowest BCUT2D eigenvalue weighted by molar-refractivity contribution is 0.412. The van der Waals surface area contributed by atoms with Crippen molar-refractivity contribution in [1.82, 2.24) is 9.88 Å². The molecule has 1 saturated heterocycles. The smallest absolute Gasteiger partial charge is 0.125 e. The molecule has 0 amide bonds. The molecular formula is C13H15FN2. The molecule has 3 heteroatoms. The minimum Gasteiger partial charge on any atom is -0.361 e. The maximum absolute atomic E-state index is 13.1. The van der Waals surface area contributed by atoms with Gasteiger partial charge in [0.15, 0.2) is 0 Å². The molecule has 1 N–H and O–H groups in total. The molecule has 0 aliphatic carbocycles. The first-order valence-corrected chi connectivity index (χ1v) is 5.69. The van der Waals surface area contributed by atoms with Gasteiger partial charge in [0.1, 0.15) is 5.82 Å². The molecule has 84 valence electrons. The largest absolute Gasteiger partial charge is 0.361 e. The fourth-order valence-corrected chi connectivity index (χ4v) is 2.65. The van der Waals surface area contributed by atoms with E-state index < -0.39 is 0 Å². The SMILES string of the molecule is CN1CCC(c2c[nH]c3cc(F)ccc23)C1. The second-order valence-corrected chi connectivity index (χ2v) is 4.68. The van der Waals surface area contributed by atoms with Gasteiger partial charge in [0, 0.05) is 23.6 Å². The van der Waals surface area contributed by atoms with Crippen LogP contribution in [0.3, 0.4) is 0 Å². The number of fused-ring (bicyclic) bond motifs is 1. The van der Waals surface area contributed by atoms with Crippen molar-refractivity contribution in [1.29, 1.82) is 0 Å². The van der Waals surface area contributed by atoms with Crippen LogP contribution in [0.1, 0.15) is 17.9 Å². The summed E-state index contributed by atoms with van der Waals surface area (Å²) in [5.74, 6) is 0.411. The number of likely N-dealkylation sites (N-methyl/N-ethyl adjacent to an activating group) is 1. The topological polar surface area (TPSA) is 19.0 Å². The summed E-state index contributed by atoms with van der Waals surface area (Å²) in [4.78, 5) is 5.50. The third-order valence-electron chi connectivity index (χ3n) is 3.51. The molecule has 2 nitrogen and oxygen atoms in total. The number of rotatable bonds is 1. The number of benzene rings is 1. The molecule has 1 atom stereocenters. The van der Waals surface area contributed by atoms with Gasteiger partial charge in [-0.05, 0) is 49.7 Å². The van der Waals surface area contributed by atoms with E-state index in [2.05, 4.69) is 16.9 Å². The van der Waals surface area contributed by atoms with E-state index in [0.29, 0.717) is 5.92 Å². The van der Waals surface area contributed by atoms with Crippen molar-refractivity contribution in [3.8, 4) is 0 Å². The lowest BCUT2D eigenvalue weighted by atomic mass is 9.98. The number of aromatic nitrogens is 1. The Kier molecular flexibility index (Phi) is 2.21. The number of likely N-dealkylation sites (tertiary alicyclic amines) is 1. The molecule has 1 aromatic carbocycles. The Morgan fingerprint density at radius 3 is 3.06 bits per heavy atom. The first-order chi connectivity index (χ1) is 7.74. The maximum atomic E-state index is 13.1. The second-order valence-electron chi connectivity index (χ2n) is 4.68. The Morgan fingerprint density at radius 2 is 2.31 bits per heavy atom. The average molecular weight is 218 g/mol. The third-order valence-corrected chi connectivity index (χ3v) is 3.51. The number of nitrogens with zero attached hydrogens (tertiary/aromatic N) is 1. The predicted octanol–water partition coefficient (Wildman–Crippen LogP) is 2.73. The third kappa shape index (κ3) is 1.52. The molecule has 3 rings (SSSR count). The van der Waals surface area contributed by atoms with E-state index in [1.807, 2.05) is 12.3 Å². The molecule has 2 heterocycles. The van der Waals surface area contributed by atoms with Crippen LogP contribution < -0.4 is 0 Å². The van der Waals surface area contributed by atoms with Gasteiger partial charge in [0.25, 0.3) is 0 Å². The van der Waals surface area contributed by atoms with E-state index >= 15 is 0 Å². The number of H-pyrrole nitrogens is 1. The van der Waals surface area contributed by atoms with E-state index in [4.69, 9.17) is 0 Å². The average Bonchev–Trinajstić information content (AvgIpc) is 2.83. The van der Waals surface area contributed by atoms with Gasteiger partial charge in [-0.3, -0.25) is 0 Å². The van der Waals surface area contributed by atoms with E-state index in [9.17, 15) is 4.39 Å². The minimum absolute atomic E-state index is 0.176. The summed E-state index contributed by atoms with van der Waals surface area (Å²) in [5.41, 5.74) is 2.24. The lowest BCUT2D eigenvalue weighted by Crippen LogP contribution is -2.13. The van der Waals surface area contributed by atoms with Gasteiger partial charge in [-0.2, -0.15) is 0 Å². The standard InChI is InChI=1S/C13H15FN2/c1-16-5-4-9(8-16)12-7-15-13-6-10(14)2-3-11(12)13/h2-3,6-7,9,15H,4-5,8H2,1H3. The summed E-state index contributed by atoms with van der Waals surface area (Å²) in [5, 5.41) is 1.17. The fraction of sp³-hybridized carbons (Fsp3) is 0.385. The lowest BCUT2D eigenvalue weighted by Gasteiger charge is -2.09. The highest BCUT2D eigenvalue weighted by Crippen LogP contribution is 2.31. The van der Waals surface area contributed by atoms with E-state index in [0.717, 1.165) is 18.6 Å². The summed E-state index contributed by atoms with van der Waals surface area (Å²) in [7, 11) is 2.15. The van der Waals surface area contributed by atoms with Crippen LogP contribution in [0.15, 0.2) is 24.4 Å². The Bertz CT molecular complexity index is 518. The van der Waals surface area contributed by atoms with Crippen molar-refractivity contribution >= 4 is 10.9 Å². The summed E-state index contributed by atoms with van der Waals surface area (Å²) < 4.78 is 13.1. The van der Waals surface area contributed by atoms with Crippen LogP contribution in [0.2, 0.25) is 0 Å². The highest BCUT2D eigenvalue weighted by molar-refractivity contribution is 5.83. The summed E-state index contributed by atoms with van der Waals surface area (Å²) in [6, 6.07) is 4.99. The number of hydrogen-bond acceptors (Lipinski definition) is 1. The Balaban J connectivity index is 2.04. The summed E-state index contributed by atoms with van der Waals surface area (Å²) in [6.45, 7) is 2.25. The normalized spacial score (nSPS) is 22.0. The second kappa shape index (κ2) is 3.59. The summed E-state index contributed by atoms with van der Waals surface area (Å²) in [6.07, 6.45) is 3.23. The molecule has 0 bridgehead atoms. The first-order valence-electron chi connectivity index (χ1n) is 5.69. The number of halogens is 1. The van der Waals surface area contributed by atoms with E-state index in [1.54, 1.807) is 12.1 Å². The molecule has 2 aromatic rings. The van der Waals surface area contributed by atoms with Gasteiger partial charge < -0.3 is 9.88 Å². The molecule has 1 aliphatic heterocycles. The molecular weight excluding hydrogens is 203 g/mol. The Labute approximate surface area is 94.1 Å². The van der Waals surface area contributed by atoms with Crippen LogP contribution in [0.25, 0.3) is 10.9 Å². The number of nitrogens with one attached hydrogen (secondary N) is 1. The highest BCUT2D eigenvalue weighted by atomic mass is 19.1. The molecule has 1 aliphatic rings. The molecule has 1 aromatic heterocycles. The molecule has 0 radical (unpaired) electrons. The molecule has 1 fully saturated rings. The van der Waals surface area contributed by atoms with Gasteiger partial charge in [-0.25, -0.2) is 4.39 Å². The number of aromatic amines is 1. The monoisotopic (exact) mass is 218 g/mol. The maximum Gasteiger partial charge on any atom is 0.125 e. The zero-order valence-corrected chi connectivity index (χ0v) is 9.33. The van der Waals surface area contributed by atoms with Gasteiger partial charge in [0.2, 0.25) is 0 Å². The van der Waals surface area contributed by atoms with E-state index in [-0.39, 0.29) is 5.82 Å². The quantitative estimate of drug-likeness (QED) is 0.779.